The van der Waals surface area contributed by atoms with Crippen LogP contribution in [0.2, 0.25) is 0 Å². The molecule has 9 heteroatoms. The van der Waals surface area contributed by atoms with Crippen molar-refractivity contribution in [1.82, 2.24) is 0 Å². The summed E-state index contributed by atoms with van der Waals surface area (Å²) in [4.78, 5) is 10.9. The zero-order valence-corrected chi connectivity index (χ0v) is 42.9. The van der Waals surface area contributed by atoms with Gasteiger partial charge in [0.25, 0.3) is 0 Å². The first kappa shape index (κ1) is 51.3. The molecule has 0 aromatic heterocycles. The Morgan fingerprint density at radius 2 is 0.429 bits per heavy atom. The Balaban J connectivity index is 0.000000139. The van der Waals surface area contributed by atoms with Crippen molar-refractivity contribution in [3.63, 3.8) is 0 Å². The van der Waals surface area contributed by atoms with Crippen LogP contribution in [-0.2, 0) is 27.1 Å². The minimum absolute atomic E-state index is 0. The summed E-state index contributed by atoms with van der Waals surface area (Å²) in [6.45, 7) is 0. The van der Waals surface area contributed by atoms with E-state index in [1.807, 2.05) is 0 Å². The normalized spacial score (nSPS) is 11.8. The van der Waals surface area contributed by atoms with Gasteiger partial charge in [-0.25, -0.2) is 8.42 Å². The van der Waals surface area contributed by atoms with Crippen molar-refractivity contribution >= 4 is 87.4 Å². The number of fused-ring (bicyclic) bond motifs is 1. The number of carbonyl (C=O) groups is 1. The van der Waals surface area contributed by atoms with Gasteiger partial charge in [-0.3, -0.25) is 0 Å². The maximum atomic E-state index is 11.1. The summed E-state index contributed by atoms with van der Waals surface area (Å²) in [5.41, 5.74) is 0.164. The molecule has 0 fully saturated rings. The van der Waals surface area contributed by atoms with E-state index in [2.05, 4.69) is 278 Å². The van der Waals surface area contributed by atoms with Crippen LogP contribution in [0.25, 0.3) is 4.72 Å². The Bertz CT molecular complexity index is 2640. The standard InChI is InChI=1S/3C18H15P.C7H5NO3S.Cu/c3*1-4-10-16(11-5-1)19(17-12-6-2-7-13-17)18-14-8-3-9-15-18;9-7-5-3-1-2-4-6(5)12(10,11)8-7;/h3*1-15H;1-4H,(H,8,9);/q;;;;+1/p+2. The van der Waals surface area contributed by atoms with Crippen molar-refractivity contribution in [3.8, 4) is 0 Å². The molecule has 1 amide bonds. The van der Waals surface area contributed by atoms with Gasteiger partial charge in [0.05, 0.1) is 34.6 Å². The Morgan fingerprint density at radius 1 is 0.257 bits per heavy atom. The number of amides is 1. The van der Waals surface area contributed by atoms with Crippen molar-refractivity contribution in [1.29, 1.82) is 0 Å². The fourth-order valence-corrected chi connectivity index (χ4v) is 16.8. The Kier molecular flexibility index (Phi) is 19.4. The zero-order valence-electron chi connectivity index (χ0n) is 38.2. The molecule has 70 heavy (non-hydrogen) atoms. The molecule has 0 saturated carbocycles. The number of rotatable bonds is 9. The average molecular weight is 1040 g/mol. The molecule has 0 saturated heterocycles. The predicted molar refractivity (Wildman–Crippen MR) is 301 cm³/mol. The molecule has 348 valence electrons. The van der Waals surface area contributed by atoms with E-state index in [9.17, 15) is 13.2 Å². The van der Waals surface area contributed by atoms with E-state index in [1.54, 1.807) is 12.1 Å². The summed E-state index contributed by atoms with van der Waals surface area (Å²) in [5, 5.41) is 12.9. The Labute approximate surface area is 427 Å². The molecule has 1 heterocycles. The third-order valence-electron chi connectivity index (χ3n) is 11.2. The molecule has 10 aromatic rings. The van der Waals surface area contributed by atoms with Crippen LogP contribution in [0.4, 0.5) is 0 Å². The van der Waals surface area contributed by atoms with Crippen molar-refractivity contribution in [3.05, 3.63) is 308 Å². The van der Waals surface area contributed by atoms with Crippen molar-refractivity contribution < 1.29 is 30.3 Å². The van der Waals surface area contributed by atoms with Gasteiger partial charge in [-0.2, -0.15) is 0 Å². The van der Waals surface area contributed by atoms with Crippen LogP contribution in [0.5, 0.6) is 0 Å². The van der Waals surface area contributed by atoms with E-state index >= 15 is 0 Å². The van der Waals surface area contributed by atoms with Gasteiger partial charge in [-0.05, 0) is 115 Å². The minimum Gasteiger partial charge on any atom is -0.537 e. The van der Waals surface area contributed by atoms with Crippen LogP contribution in [0.3, 0.4) is 0 Å². The summed E-state index contributed by atoms with van der Waals surface area (Å²) >= 11 is 0. The van der Waals surface area contributed by atoms with Crippen LogP contribution in [0.15, 0.2) is 302 Å². The van der Waals surface area contributed by atoms with Gasteiger partial charge in [-0.15, -0.1) is 0 Å². The second kappa shape index (κ2) is 26.4. The number of carbonyl (C=O) groups excluding carboxylic acids is 1. The first-order valence-corrected chi connectivity index (χ1v) is 28.6. The van der Waals surface area contributed by atoms with Crippen LogP contribution in [-0.4, -0.2) is 14.3 Å². The largest absolute Gasteiger partial charge is 1.00 e. The van der Waals surface area contributed by atoms with Gasteiger partial charge in [0.2, 0.25) is 0 Å². The van der Waals surface area contributed by atoms with E-state index < -0.39 is 39.7 Å². The van der Waals surface area contributed by atoms with Gasteiger partial charge in [0.1, 0.15) is 57.8 Å². The molecule has 0 bridgehead atoms. The maximum absolute atomic E-state index is 11.1. The number of nitrogens with zero attached hydrogens (tertiary/aromatic N) is 1. The van der Waals surface area contributed by atoms with Gasteiger partial charge in [-0.1, -0.05) is 182 Å². The molecule has 1 aliphatic heterocycles. The molecular weight excluding hydrogens is 983 g/mol. The first-order chi connectivity index (χ1) is 34.0. The molecule has 0 N–H and O–H groups in total. The molecule has 11 rings (SSSR count). The number of benzene rings is 10. The van der Waals surface area contributed by atoms with Crippen LogP contribution >= 0.6 is 23.8 Å². The molecule has 0 unspecified atom stereocenters. The summed E-state index contributed by atoms with van der Waals surface area (Å²) in [7, 11) is -6.31. The van der Waals surface area contributed by atoms with Gasteiger partial charge >= 0.3 is 17.1 Å². The quantitative estimate of drug-likeness (QED) is 0.107. The van der Waals surface area contributed by atoms with Gasteiger partial charge in [0.15, 0.2) is 0 Å². The van der Waals surface area contributed by atoms with Crippen molar-refractivity contribution in [2.45, 2.75) is 4.90 Å². The SMILES string of the molecule is O=C1[N-]S(=O)(=O)c2ccccc21.[Cu+].c1ccc([PH+](c2ccccc2)c2ccccc2)cc1.c1ccc([PH+](c2ccccc2)c2ccccc2)cc1.c1ccc([PH+](c2ccccc2)c2ccccc2)cc1. The molecule has 0 radical (unpaired) electrons. The van der Waals surface area contributed by atoms with Gasteiger partial charge < -0.3 is 9.52 Å². The van der Waals surface area contributed by atoms with Crippen LogP contribution in [0, 0.1) is 0 Å². The third-order valence-corrected chi connectivity index (χ3v) is 20.7. The van der Waals surface area contributed by atoms with E-state index in [1.165, 1.54) is 59.9 Å². The molecule has 1 aliphatic rings. The number of sulfonamides is 1. The molecule has 0 atom stereocenters. The van der Waals surface area contributed by atoms with E-state index in [0.717, 1.165) is 0 Å². The maximum Gasteiger partial charge on any atom is 1.00 e. The molecule has 10 aromatic carbocycles. The van der Waals surface area contributed by atoms with E-state index in [-0.39, 0.29) is 27.5 Å². The van der Waals surface area contributed by atoms with Crippen molar-refractivity contribution in [2.75, 3.05) is 0 Å². The number of hydrogen-bond acceptors (Lipinski definition) is 3. The Morgan fingerprint density at radius 3 is 0.614 bits per heavy atom. The first-order valence-electron chi connectivity index (χ1n) is 22.7. The molecule has 4 nitrogen and oxygen atoms in total. The predicted octanol–water partition coefficient (Wildman–Crippen LogP) is 10.4. The zero-order chi connectivity index (χ0) is 47.5. The van der Waals surface area contributed by atoms with Gasteiger partial charge in [0, 0.05) is 5.56 Å². The van der Waals surface area contributed by atoms with E-state index in [4.69, 9.17) is 0 Å². The fraction of sp³-hybridized carbons (Fsp3) is 0. The smallest absolute Gasteiger partial charge is 0.537 e. The molecular formula is C61H52CuNO3P3S+3. The average Bonchev–Trinajstić information content (AvgIpc) is 3.66. The fourth-order valence-electron chi connectivity index (χ4n) is 8.02. The van der Waals surface area contributed by atoms with E-state index in [0.29, 0.717) is 0 Å². The van der Waals surface area contributed by atoms with Crippen LogP contribution in [0.1, 0.15) is 10.4 Å². The summed E-state index contributed by atoms with van der Waals surface area (Å²) < 4.78 is 25.2. The summed E-state index contributed by atoms with van der Waals surface area (Å²) in [6, 6.07) is 103. The summed E-state index contributed by atoms with van der Waals surface area (Å²) in [6.07, 6.45) is 0. The second-order valence-electron chi connectivity index (χ2n) is 15.8. The van der Waals surface area contributed by atoms with Crippen LogP contribution < -0.4 is 47.7 Å². The molecule has 0 spiro atoms. The number of hydrogen-bond donors (Lipinski definition) is 0. The monoisotopic (exact) mass is 1030 g/mol. The third kappa shape index (κ3) is 13.8. The summed E-state index contributed by atoms with van der Waals surface area (Å²) in [5.74, 6) is -0.675. The second-order valence-corrected chi connectivity index (χ2v) is 24.8. The topological polar surface area (TPSA) is 65.3 Å². The Hall–Kier alpha value is -6.57. The molecule has 0 aliphatic carbocycles. The minimum atomic E-state index is -3.68. The van der Waals surface area contributed by atoms with Crippen molar-refractivity contribution in [2.24, 2.45) is 0 Å².